The van der Waals surface area contributed by atoms with Gasteiger partial charge in [-0.2, -0.15) is 9.48 Å². The second kappa shape index (κ2) is 6.55. The zero-order chi connectivity index (χ0) is 15.6. The summed E-state index contributed by atoms with van der Waals surface area (Å²) in [7, 11) is 2.58. The summed E-state index contributed by atoms with van der Waals surface area (Å²) in [6.45, 7) is 3.18. The minimum absolute atomic E-state index is 0.319. The second-order valence-corrected chi connectivity index (χ2v) is 8.77. The molecular formula is C15H25N3O3Si+2. The van der Waals surface area contributed by atoms with Gasteiger partial charge in [0.1, 0.15) is 0 Å². The fourth-order valence-corrected chi connectivity index (χ4v) is 5.10. The molecule has 0 amide bonds. The smallest absolute Gasteiger partial charge is 0.377 e. The molecule has 7 heteroatoms. The summed E-state index contributed by atoms with van der Waals surface area (Å²) in [5.74, 6) is 0. The van der Waals surface area contributed by atoms with Crippen molar-refractivity contribution in [1.82, 2.24) is 4.90 Å². The van der Waals surface area contributed by atoms with E-state index in [1.54, 1.807) is 21.3 Å². The molecule has 0 aromatic carbocycles. The quantitative estimate of drug-likeness (QED) is 0.540. The summed E-state index contributed by atoms with van der Waals surface area (Å²) >= 11 is 0. The summed E-state index contributed by atoms with van der Waals surface area (Å²) in [6, 6.07) is 7.19. The molecule has 0 aliphatic carbocycles. The Balaban J connectivity index is 1.62. The summed E-state index contributed by atoms with van der Waals surface area (Å²) in [6.07, 6.45) is 5.74. The molecule has 1 aromatic rings. The Morgan fingerprint density at radius 2 is 2.00 bits per heavy atom. The first-order chi connectivity index (χ1) is 10.7. The van der Waals surface area contributed by atoms with Crippen molar-refractivity contribution in [2.75, 3.05) is 41.0 Å². The van der Waals surface area contributed by atoms with Gasteiger partial charge in [0.2, 0.25) is 6.21 Å². The van der Waals surface area contributed by atoms with Crippen molar-refractivity contribution >= 4 is 15.0 Å². The normalized spacial score (nSPS) is 20.9. The Labute approximate surface area is 132 Å². The molecule has 1 unspecified atom stereocenters. The van der Waals surface area contributed by atoms with Crippen LogP contribution in [0.3, 0.4) is 0 Å². The van der Waals surface area contributed by atoms with Gasteiger partial charge in [-0.15, -0.1) is 4.57 Å². The van der Waals surface area contributed by atoms with E-state index in [0.29, 0.717) is 6.29 Å². The van der Waals surface area contributed by atoms with Crippen LogP contribution in [0, 0.1) is 0 Å². The highest BCUT2D eigenvalue weighted by atomic mass is 28.4. The zero-order valence-corrected chi connectivity index (χ0v) is 14.6. The van der Waals surface area contributed by atoms with Gasteiger partial charge < -0.3 is 13.3 Å². The van der Waals surface area contributed by atoms with Gasteiger partial charge in [-0.3, -0.25) is 0 Å². The van der Waals surface area contributed by atoms with Gasteiger partial charge in [0.15, 0.2) is 12.7 Å². The number of aromatic nitrogens is 1. The zero-order valence-electron chi connectivity index (χ0n) is 13.6. The average molecular weight is 323 g/mol. The van der Waals surface area contributed by atoms with Gasteiger partial charge in [0, 0.05) is 46.1 Å². The summed E-state index contributed by atoms with van der Waals surface area (Å²) < 4.78 is 21.2. The third-order valence-electron chi connectivity index (χ3n) is 4.60. The summed E-state index contributed by atoms with van der Waals surface area (Å²) in [4.78, 5) is 2.51. The molecule has 0 N–H and O–H groups in total. The van der Waals surface area contributed by atoms with Crippen molar-refractivity contribution in [1.29, 1.82) is 0 Å². The number of nitrogens with zero attached hydrogens (tertiary/aromatic N) is 3. The first kappa shape index (κ1) is 15.8. The van der Waals surface area contributed by atoms with E-state index in [9.17, 15) is 0 Å². The van der Waals surface area contributed by atoms with E-state index in [1.807, 2.05) is 0 Å². The Kier molecular flexibility index (Phi) is 4.69. The number of pyridine rings is 1. The van der Waals surface area contributed by atoms with Crippen molar-refractivity contribution < 1.29 is 22.4 Å². The van der Waals surface area contributed by atoms with Crippen molar-refractivity contribution in [2.24, 2.45) is 0 Å². The number of hydrogen-bond donors (Lipinski definition) is 0. The Morgan fingerprint density at radius 1 is 1.23 bits per heavy atom. The van der Waals surface area contributed by atoms with Crippen LogP contribution in [0.25, 0.3) is 0 Å². The highest BCUT2D eigenvalue weighted by Crippen LogP contribution is 2.22. The van der Waals surface area contributed by atoms with Gasteiger partial charge in [0.05, 0.1) is 6.54 Å². The maximum Gasteiger partial charge on any atom is 0.500 e. The van der Waals surface area contributed by atoms with Crippen molar-refractivity contribution in [2.45, 2.75) is 18.8 Å². The third-order valence-corrected chi connectivity index (χ3v) is 7.43. The minimum atomic E-state index is -2.45. The molecule has 1 fully saturated rings. The van der Waals surface area contributed by atoms with Crippen LogP contribution < -0.4 is 4.57 Å². The van der Waals surface area contributed by atoms with Crippen LogP contribution in [0.2, 0.25) is 6.04 Å². The predicted molar refractivity (Wildman–Crippen MR) is 83.7 cm³/mol. The lowest BCUT2D eigenvalue weighted by molar-refractivity contribution is -0.870. The lowest BCUT2D eigenvalue weighted by Gasteiger charge is -2.24. The molecule has 1 atom stereocenters. The Bertz CT molecular complexity index is 554. The van der Waals surface area contributed by atoms with Gasteiger partial charge >= 0.3 is 15.1 Å². The largest absolute Gasteiger partial charge is 0.500 e. The third kappa shape index (κ3) is 2.75. The molecular weight excluding hydrogens is 298 g/mol. The maximum absolute atomic E-state index is 5.50. The standard InChI is InChI=1S/C15H25N3O3Si/c1-19-22(20-2,21-3)12-6-8-16-10-11-17-13-14-7-4-5-9-18(14)15(16)17/h4-5,7,9,13,15H,6,8,10-12H2,1-3H3/q+2. The molecule has 1 aromatic heterocycles. The molecule has 2 aliphatic heterocycles. The molecule has 0 spiro atoms. The average Bonchev–Trinajstić information content (AvgIpc) is 3.12. The van der Waals surface area contributed by atoms with E-state index in [4.69, 9.17) is 13.3 Å². The van der Waals surface area contributed by atoms with Gasteiger partial charge in [-0.25, -0.2) is 0 Å². The van der Waals surface area contributed by atoms with Crippen molar-refractivity contribution in [3.63, 3.8) is 0 Å². The molecule has 0 bridgehead atoms. The van der Waals surface area contributed by atoms with E-state index in [1.165, 1.54) is 5.69 Å². The minimum Gasteiger partial charge on any atom is -0.377 e. The topological polar surface area (TPSA) is 37.8 Å². The predicted octanol–water partition coefficient (Wildman–Crippen LogP) is 0.459. The molecule has 3 heterocycles. The van der Waals surface area contributed by atoms with E-state index in [0.717, 1.165) is 32.1 Å². The lowest BCUT2D eigenvalue weighted by atomic mass is 10.3. The molecule has 1 saturated heterocycles. The molecule has 2 aliphatic rings. The van der Waals surface area contributed by atoms with Gasteiger partial charge in [-0.1, -0.05) is 0 Å². The highest BCUT2D eigenvalue weighted by Gasteiger charge is 2.49. The van der Waals surface area contributed by atoms with Crippen molar-refractivity contribution in [3.05, 3.63) is 30.1 Å². The second-order valence-electron chi connectivity index (χ2n) is 5.68. The number of hydrogen-bond acceptors (Lipinski definition) is 4. The van der Waals surface area contributed by atoms with E-state index >= 15 is 0 Å². The Hall–Kier alpha value is -1.12. The Morgan fingerprint density at radius 3 is 2.73 bits per heavy atom. The molecule has 3 rings (SSSR count). The molecule has 0 radical (unpaired) electrons. The van der Waals surface area contributed by atoms with E-state index in [-0.39, 0.29) is 0 Å². The highest BCUT2D eigenvalue weighted by molar-refractivity contribution is 6.60. The summed E-state index contributed by atoms with van der Waals surface area (Å²) in [5.41, 5.74) is 1.27. The molecule has 6 nitrogen and oxygen atoms in total. The molecule has 120 valence electrons. The fraction of sp³-hybridized carbons (Fsp3) is 0.600. The molecule has 22 heavy (non-hydrogen) atoms. The van der Waals surface area contributed by atoms with Crippen LogP contribution in [0.4, 0.5) is 0 Å². The lowest BCUT2D eigenvalue weighted by Crippen LogP contribution is -2.49. The van der Waals surface area contributed by atoms with Crippen LogP contribution in [-0.2, 0) is 13.3 Å². The fourth-order valence-electron chi connectivity index (χ4n) is 3.39. The summed E-state index contributed by atoms with van der Waals surface area (Å²) in [5, 5.41) is 0. The van der Waals surface area contributed by atoms with Crippen LogP contribution in [0.15, 0.2) is 24.4 Å². The van der Waals surface area contributed by atoms with E-state index < -0.39 is 8.80 Å². The first-order valence-electron chi connectivity index (χ1n) is 7.73. The van der Waals surface area contributed by atoms with Gasteiger partial charge in [-0.05, 0) is 12.5 Å². The number of fused-ring (bicyclic) bond motifs is 3. The SMILES string of the molecule is CO[Si](CCCN1CC[N+]2=Cc3cccc[n+]3C12)(OC)OC. The van der Waals surface area contributed by atoms with Crippen molar-refractivity contribution in [3.8, 4) is 0 Å². The molecule has 0 saturated carbocycles. The van der Waals surface area contributed by atoms with E-state index in [2.05, 4.69) is 44.7 Å². The number of rotatable bonds is 7. The van der Waals surface area contributed by atoms with Crippen LogP contribution >= 0.6 is 0 Å². The monoisotopic (exact) mass is 323 g/mol. The van der Waals surface area contributed by atoms with Crippen LogP contribution in [-0.4, -0.2) is 65.5 Å². The maximum atomic E-state index is 5.50. The first-order valence-corrected chi connectivity index (χ1v) is 9.66. The van der Waals surface area contributed by atoms with Crippen LogP contribution in [0.1, 0.15) is 18.4 Å². The van der Waals surface area contributed by atoms with Crippen LogP contribution in [0.5, 0.6) is 0 Å². The van der Waals surface area contributed by atoms with Gasteiger partial charge in [0.25, 0.3) is 5.69 Å².